The number of likely N-dealkylation sites (tertiary alicyclic amines) is 2. The Hall–Kier alpha value is -2.28. The summed E-state index contributed by atoms with van der Waals surface area (Å²) in [5.74, 6) is 0.494. The Morgan fingerprint density at radius 2 is 1.73 bits per heavy atom. The van der Waals surface area contributed by atoms with Crippen LogP contribution >= 0.6 is 0 Å². The lowest BCUT2D eigenvalue weighted by Crippen LogP contribution is -2.53. The SMILES string of the molecule is COC(=O)C1(Oc2cc(C)ccc2CN2CCCC23CCN(C(=O)OC(C)(C)C)CC3)CC1. The van der Waals surface area contributed by atoms with Crippen LogP contribution in [0.4, 0.5) is 4.79 Å². The molecular weight excluding hydrogens is 420 g/mol. The van der Waals surface area contributed by atoms with E-state index in [0.717, 1.165) is 55.6 Å². The van der Waals surface area contributed by atoms with E-state index in [4.69, 9.17) is 14.2 Å². The molecule has 1 aromatic rings. The van der Waals surface area contributed by atoms with Crippen molar-refractivity contribution in [1.82, 2.24) is 9.80 Å². The van der Waals surface area contributed by atoms with E-state index < -0.39 is 11.2 Å². The number of methoxy groups -OCH3 is 1. The normalized spacial score (nSPS) is 21.7. The minimum Gasteiger partial charge on any atom is -0.475 e. The monoisotopic (exact) mass is 458 g/mol. The van der Waals surface area contributed by atoms with Gasteiger partial charge < -0.3 is 19.1 Å². The summed E-state index contributed by atoms with van der Waals surface area (Å²) >= 11 is 0. The predicted molar refractivity (Wildman–Crippen MR) is 125 cm³/mol. The molecule has 4 rings (SSSR count). The molecule has 0 aromatic heterocycles. The van der Waals surface area contributed by atoms with Crippen LogP contribution in [0.25, 0.3) is 0 Å². The number of amides is 1. The zero-order valence-electron chi connectivity index (χ0n) is 20.7. The van der Waals surface area contributed by atoms with E-state index in [-0.39, 0.29) is 17.6 Å². The molecule has 0 atom stereocenters. The number of hydrogen-bond donors (Lipinski definition) is 0. The number of esters is 1. The standard InChI is InChI=1S/C26H38N2O5/c1-19-7-8-20(21(17-19)32-26(10-11-26)22(29)31-5)18-28-14-6-9-25(28)12-15-27(16-13-25)23(30)33-24(2,3)4/h7-8,17H,6,9-16,18H2,1-5H3. The van der Waals surface area contributed by atoms with Crippen molar-refractivity contribution in [1.29, 1.82) is 0 Å². The first-order chi connectivity index (χ1) is 15.6. The van der Waals surface area contributed by atoms with Gasteiger partial charge in [-0.15, -0.1) is 0 Å². The lowest BCUT2D eigenvalue weighted by atomic mass is 9.84. The third kappa shape index (κ3) is 5.13. The van der Waals surface area contributed by atoms with Crippen LogP contribution in [0.5, 0.6) is 5.75 Å². The third-order valence-corrected chi connectivity index (χ3v) is 7.24. The average Bonchev–Trinajstić information content (AvgIpc) is 3.44. The van der Waals surface area contributed by atoms with Crippen LogP contribution in [0.2, 0.25) is 0 Å². The van der Waals surface area contributed by atoms with Gasteiger partial charge in [0.05, 0.1) is 7.11 Å². The summed E-state index contributed by atoms with van der Waals surface area (Å²) in [6.45, 7) is 11.0. The second kappa shape index (κ2) is 8.82. The highest BCUT2D eigenvalue weighted by Crippen LogP contribution is 2.44. The number of nitrogens with zero attached hydrogens (tertiary/aromatic N) is 2. The van der Waals surface area contributed by atoms with Crippen molar-refractivity contribution in [2.24, 2.45) is 0 Å². The summed E-state index contributed by atoms with van der Waals surface area (Å²) in [6, 6.07) is 6.26. The Labute approximate surface area is 197 Å². The second-order valence-electron chi connectivity index (χ2n) is 10.9. The fourth-order valence-corrected chi connectivity index (χ4v) is 5.19. The Bertz CT molecular complexity index is 894. The Balaban J connectivity index is 1.45. The van der Waals surface area contributed by atoms with E-state index in [2.05, 4.69) is 17.0 Å². The number of carbonyl (C=O) groups is 2. The number of ether oxygens (including phenoxy) is 3. The van der Waals surface area contributed by atoms with E-state index in [9.17, 15) is 9.59 Å². The van der Waals surface area contributed by atoms with Gasteiger partial charge in [0.2, 0.25) is 5.60 Å². The number of piperidine rings is 1. The average molecular weight is 459 g/mol. The molecule has 1 aliphatic carbocycles. The number of carbonyl (C=O) groups excluding carboxylic acids is 2. The van der Waals surface area contributed by atoms with Gasteiger partial charge in [-0.2, -0.15) is 0 Å². The molecule has 7 heteroatoms. The van der Waals surface area contributed by atoms with Crippen molar-refractivity contribution in [2.75, 3.05) is 26.7 Å². The molecule has 2 aliphatic heterocycles. The highest BCUT2D eigenvalue weighted by molar-refractivity contribution is 5.83. The van der Waals surface area contributed by atoms with Crippen molar-refractivity contribution >= 4 is 12.1 Å². The Morgan fingerprint density at radius 3 is 2.33 bits per heavy atom. The molecule has 0 radical (unpaired) electrons. The fourth-order valence-electron chi connectivity index (χ4n) is 5.19. The van der Waals surface area contributed by atoms with Crippen molar-refractivity contribution < 1.29 is 23.8 Å². The van der Waals surface area contributed by atoms with Crippen LogP contribution in [-0.4, -0.2) is 65.3 Å². The molecule has 3 fully saturated rings. The van der Waals surface area contributed by atoms with Crippen molar-refractivity contribution in [3.63, 3.8) is 0 Å². The minimum absolute atomic E-state index is 0.0975. The van der Waals surface area contributed by atoms with Crippen LogP contribution in [-0.2, 0) is 20.8 Å². The zero-order valence-corrected chi connectivity index (χ0v) is 20.7. The van der Waals surface area contributed by atoms with Crippen LogP contribution in [0, 0.1) is 6.92 Å². The highest BCUT2D eigenvalue weighted by Gasteiger charge is 2.54. The number of aryl methyl sites for hydroxylation is 1. The number of rotatable bonds is 5. The van der Waals surface area contributed by atoms with Crippen molar-refractivity contribution in [3.05, 3.63) is 29.3 Å². The summed E-state index contributed by atoms with van der Waals surface area (Å²) in [5.41, 5.74) is 1.01. The maximum Gasteiger partial charge on any atom is 0.410 e. The first-order valence-electron chi connectivity index (χ1n) is 12.2. The van der Waals surface area contributed by atoms with Crippen molar-refractivity contribution in [3.8, 4) is 5.75 Å². The van der Waals surface area contributed by atoms with Crippen LogP contribution in [0.15, 0.2) is 18.2 Å². The predicted octanol–water partition coefficient (Wildman–Crippen LogP) is 4.44. The second-order valence-corrected chi connectivity index (χ2v) is 10.9. The number of benzene rings is 1. The Kier molecular flexibility index (Phi) is 6.38. The quantitative estimate of drug-likeness (QED) is 0.608. The molecule has 1 saturated carbocycles. The van der Waals surface area contributed by atoms with E-state index in [1.54, 1.807) is 0 Å². The molecule has 0 unspecified atom stereocenters. The maximum atomic E-state index is 12.5. The molecule has 3 aliphatic rings. The first-order valence-corrected chi connectivity index (χ1v) is 12.2. The molecule has 7 nitrogen and oxygen atoms in total. The molecule has 1 aromatic carbocycles. The molecule has 0 N–H and O–H groups in total. The number of hydrogen-bond acceptors (Lipinski definition) is 6. The van der Waals surface area contributed by atoms with E-state index in [0.29, 0.717) is 25.9 Å². The zero-order chi connectivity index (χ0) is 23.9. The van der Waals surface area contributed by atoms with Gasteiger partial charge in [0, 0.05) is 43.6 Å². The Morgan fingerprint density at radius 1 is 1.03 bits per heavy atom. The largest absolute Gasteiger partial charge is 0.475 e. The van der Waals surface area contributed by atoms with E-state index in [1.807, 2.05) is 38.7 Å². The summed E-state index contributed by atoms with van der Waals surface area (Å²) in [4.78, 5) is 29.2. The molecule has 1 spiro atoms. The molecule has 1 amide bonds. The highest BCUT2D eigenvalue weighted by atomic mass is 16.6. The van der Waals surface area contributed by atoms with Crippen LogP contribution in [0.3, 0.4) is 0 Å². The topological polar surface area (TPSA) is 68.3 Å². The molecule has 33 heavy (non-hydrogen) atoms. The lowest BCUT2D eigenvalue weighted by Gasteiger charge is -2.45. The molecule has 2 heterocycles. The lowest BCUT2D eigenvalue weighted by molar-refractivity contribution is -0.151. The summed E-state index contributed by atoms with van der Waals surface area (Å²) in [5, 5.41) is 0. The van der Waals surface area contributed by atoms with E-state index in [1.165, 1.54) is 7.11 Å². The maximum absolute atomic E-state index is 12.5. The smallest absolute Gasteiger partial charge is 0.410 e. The molecule has 182 valence electrons. The van der Waals surface area contributed by atoms with Gasteiger partial charge in [0.15, 0.2) is 0 Å². The van der Waals surface area contributed by atoms with Crippen LogP contribution in [0.1, 0.15) is 70.4 Å². The van der Waals surface area contributed by atoms with Crippen LogP contribution < -0.4 is 4.74 Å². The van der Waals surface area contributed by atoms with Gasteiger partial charge in [-0.05, 0) is 71.6 Å². The minimum atomic E-state index is -0.821. The fraction of sp³-hybridized carbons (Fsp3) is 0.692. The van der Waals surface area contributed by atoms with Gasteiger partial charge >= 0.3 is 12.1 Å². The summed E-state index contributed by atoms with van der Waals surface area (Å²) in [7, 11) is 1.42. The third-order valence-electron chi connectivity index (χ3n) is 7.24. The van der Waals surface area contributed by atoms with Gasteiger partial charge in [0.25, 0.3) is 0 Å². The van der Waals surface area contributed by atoms with Gasteiger partial charge in [-0.3, -0.25) is 4.90 Å². The molecule has 2 saturated heterocycles. The first kappa shape index (κ1) is 23.9. The summed E-state index contributed by atoms with van der Waals surface area (Å²) < 4.78 is 16.9. The van der Waals surface area contributed by atoms with Gasteiger partial charge in [-0.25, -0.2) is 9.59 Å². The van der Waals surface area contributed by atoms with Gasteiger partial charge in [-0.1, -0.05) is 12.1 Å². The van der Waals surface area contributed by atoms with E-state index >= 15 is 0 Å². The summed E-state index contributed by atoms with van der Waals surface area (Å²) in [6.07, 6.45) is 5.36. The molecular formula is C26H38N2O5. The van der Waals surface area contributed by atoms with Gasteiger partial charge in [0.1, 0.15) is 11.4 Å². The molecule has 0 bridgehead atoms. The van der Waals surface area contributed by atoms with Crippen molar-refractivity contribution in [2.45, 2.75) is 89.5 Å².